The van der Waals surface area contributed by atoms with E-state index in [1.54, 1.807) is 36.4 Å². The molecule has 2 amide bonds. The van der Waals surface area contributed by atoms with Crippen molar-refractivity contribution in [2.24, 2.45) is 0 Å². The number of rotatable bonds is 7. The lowest BCUT2D eigenvalue weighted by molar-refractivity contribution is -0.137. The van der Waals surface area contributed by atoms with Crippen LogP contribution in [0, 0.1) is 0 Å². The molecule has 0 radical (unpaired) electrons. The number of hydrogen-bond acceptors (Lipinski definition) is 6. The summed E-state index contributed by atoms with van der Waals surface area (Å²) in [5.41, 5.74) is 0.859. The molecule has 0 fully saturated rings. The average Bonchev–Trinajstić information content (AvgIpc) is 3.22. The molecule has 25 heavy (non-hydrogen) atoms. The molecule has 1 N–H and O–H groups in total. The molecule has 6 nitrogen and oxygen atoms in total. The predicted molar refractivity (Wildman–Crippen MR) is 93.7 cm³/mol. The maximum Gasteiger partial charge on any atom is 0.268 e. The number of para-hydroxylation sites is 1. The fourth-order valence-electron chi connectivity index (χ4n) is 2.63. The molecule has 1 aromatic carbocycles. The van der Waals surface area contributed by atoms with Gasteiger partial charge >= 0.3 is 0 Å². The first-order valence-corrected chi connectivity index (χ1v) is 8.65. The number of imide groups is 1. The number of benzene rings is 1. The van der Waals surface area contributed by atoms with Gasteiger partial charge in [-0.05, 0) is 18.2 Å². The quantitative estimate of drug-likeness (QED) is 0.764. The van der Waals surface area contributed by atoms with E-state index in [2.05, 4.69) is 0 Å². The number of carbonyl (C=O) groups is 2. The monoisotopic (exact) mass is 359 g/mol. The summed E-state index contributed by atoms with van der Waals surface area (Å²) in [5, 5.41) is 9.12. The zero-order valence-corrected chi connectivity index (χ0v) is 14.4. The minimum absolute atomic E-state index is 0.0620. The normalized spacial score (nSPS) is 14.6. The highest BCUT2D eigenvalue weighted by Crippen LogP contribution is 2.39. The summed E-state index contributed by atoms with van der Waals surface area (Å²) in [5.74, 6) is 0.573. The van der Waals surface area contributed by atoms with E-state index in [1.807, 2.05) is 0 Å². The number of hydrogen-bond donors (Lipinski definition) is 1. The van der Waals surface area contributed by atoms with Crippen molar-refractivity contribution in [3.8, 4) is 5.75 Å². The highest BCUT2D eigenvalue weighted by Gasteiger charge is 2.40. The third kappa shape index (κ3) is 3.33. The van der Waals surface area contributed by atoms with Gasteiger partial charge in [0, 0.05) is 11.3 Å². The first-order valence-electron chi connectivity index (χ1n) is 7.67. The Labute approximate surface area is 149 Å². The third-order valence-electron chi connectivity index (χ3n) is 3.73. The van der Waals surface area contributed by atoms with Gasteiger partial charge < -0.3 is 14.3 Å². The van der Waals surface area contributed by atoms with Crippen LogP contribution in [-0.2, 0) is 16.1 Å². The van der Waals surface area contributed by atoms with Crippen LogP contribution in [0.25, 0.3) is 5.57 Å². The standard InChI is InChI=1S/C18H17NO5S/c1-23-14-7-3-2-6-13(14)15-16(25-10-8-20)18(22)19(17(15)21)11-12-5-4-9-24-12/h2-7,9,20H,8,10-11H2,1H3. The maximum atomic E-state index is 13.0. The molecule has 0 unspecified atom stereocenters. The van der Waals surface area contributed by atoms with Crippen molar-refractivity contribution < 1.29 is 23.8 Å². The third-order valence-corrected chi connectivity index (χ3v) is 4.79. The van der Waals surface area contributed by atoms with Gasteiger partial charge in [0.1, 0.15) is 11.5 Å². The van der Waals surface area contributed by atoms with E-state index in [4.69, 9.17) is 14.3 Å². The van der Waals surface area contributed by atoms with E-state index in [9.17, 15) is 9.59 Å². The lowest BCUT2D eigenvalue weighted by Crippen LogP contribution is -2.30. The van der Waals surface area contributed by atoms with E-state index in [0.717, 1.165) is 4.90 Å². The highest BCUT2D eigenvalue weighted by molar-refractivity contribution is 8.04. The molecule has 2 aromatic rings. The van der Waals surface area contributed by atoms with Gasteiger partial charge in [-0.3, -0.25) is 14.5 Å². The Bertz CT molecular complexity index is 813. The number of ether oxygens (including phenoxy) is 1. The van der Waals surface area contributed by atoms with Crippen LogP contribution in [0.2, 0.25) is 0 Å². The largest absolute Gasteiger partial charge is 0.496 e. The molecule has 0 saturated carbocycles. The van der Waals surface area contributed by atoms with Crippen molar-refractivity contribution in [1.29, 1.82) is 0 Å². The molecule has 0 bridgehead atoms. The van der Waals surface area contributed by atoms with E-state index in [1.165, 1.54) is 25.1 Å². The molecule has 2 heterocycles. The van der Waals surface area contributed by atoms with Crippen LogP contribution in [0.4, 0.5) is 0 Å². The predicted octanol–water partition coefficient (Wildman–Crippen LogP) is 2.29. The minimum Gasteiger partial charge on any atom is -0.496 e. The Morgan fingerprint density at radius 3 is 2.64 bits per heavy atom. The Balaban J connectivity index is 2.02. The number of furan rings is 1. The van der Waals surface area contributed by atoms with E-state index in [-0.39, 0.29) is 19.1 Å². The van der Waals surface area contributed by atoms with Crippen molar-refractivity contribution in [3.63, 3.8) is 0 Å². The summed E-state index contributed by atoms with van der Waals surface area (Å²) >= 11 is 1.17. The summed E-state index contributed by atoms with van der Waals surface area (Å²) < 4.78 is 10.6. The van der Waals surface area contributed by atoms with Gasteiger partial charge in [-0.15, -0.1) is 11.8 Å². The summed E-state index contributed by atoms with van der Waals surface area (Å²) in [7, 11) is 1.52. The van der Waals surface area contributed by atoms with Crippen LogP contribution in [0.3, 0.4) is 0 Å². The van der Waals surface area contributed by atoms with Crippen LogP contribution in [0.15, 0.2) is 52.0 Å². The van der Waals surface area contributed by atoms with Crippen molar-refractivity contribution >= 4 is 29.1 Å². The number of aliphatic hydroxyl groups excluding tert-OH is 1. The topological polar surface area (TPSA) is 80.0 Å². The van der Waals surface area contributed by atoms with Gasteiger partial charge in [0.05, 0.1) is 37.0 Å². The summed E-state index contributed by atoms with van der Waals surface area (Å²) in [6, 6.07) is 10.5. The lowest BCUT2D eigenvalue weighted by Gasteiger charge is -2.14. The van der Waals surface area contributed by atoms with Crippen molar-refractivity contribution in [2.45, 2.75) is 6.54 Å². The summed E-state index contributed by atoms with van der Waals surface area (Å²) in [6.45, 7) is -0.0282. The Morgan fingerprint density at radius 1 is 1.16 bits per heavy atom. The molecule has 1 aliphatic rings. The van der Waals surface area contributed by atoms with Crippen molar-refractivity contribution in [2.75, 3.05) is 19.5 Å². The second kappa shape index (κ2) is 7.58. The van der Waals surface area contributed by atoms with Gasteiger partial charge in [-0.1, -0.05) is 18.2 Å². The molecule has 3 rings (SSSR count). The fraction of sp³-hybridized carbons (Fsp3) is 0.222. The van der Waals surface area contributed by atoms with Gasteiger partial charge in [-0.25, -0.2) is 0 Å². The first kappa shape index (κ1) is 17.3. The number of carbonyl (C=O) groups excluding carboxylic acids is 2. The summed E-state index contributed by atoms with van der Waals surface area (Å²) in [4.78, 5) is 27.2. The second-order valence-corrected chi connectivity index (χ2v) is 6.36. The molecule has 0 atom stereocenters. The Hall–Kier alpha value is -2.51. The van der Waals surface area contributed by atoms with Gasteiger partial charge in [-0.2, -0.15) is 0 Å². The zero-order valence-electron chi connectivity index (χ0n) is 13.6. The van der Waals surface area contributed by atoms with Gasteiger partial charge in [0.25, 0.3) is 11.8 Å². The molecule has 1 aromatic heterocycles. The molecule has 0 saturated heterocycles. The van der Waals surface area contributed by atoms with E-state index < -0.39 is 5.91 Å². The molecule has 7 heteroatoms. The Morgan fingerprint density at radius 2 is 1.96 bits per heavy atom. The molecule has 0 aliphatic carbocycles. The van der Waals surface area contributed by atoms with Crippen LogP contribution in [0.5, 0.6) is 5.75 Å². The highest BCUT2D eigenvalue weighted by atomic mass is 32.2. The molecule has 1 aliphatic heterocycles. The molecular formula is C18H17NO5S. The molecular weight excluding hydrogens is 342 g/mol. The first-order chi connectivity index (χ1) is 12.2. The SMILES string of the molecule is COc1ccccc1C1=C(SCCO)C(=O)N(Cc2ccco2)C1=O. The number of amides is 2. The minimum atomic E-state index is -0.397. The van der Waals surface area contributed by atoms with Crippen LogP contribution >= 0.6 is 11.8 Å². The number of nitrogens with zero attached hydrogens (tertiary/aromatic N) is 1. The second-order valence-electron chi connectivity index (χ2n) is 5.25. The maximum absolute atomic E-state index is 13.0. The van der Waals surface area contributed by atoms with Gasteiger partial charge in [0.2, 0.25) is 0 Å². The van der Waals surface area contributed by atoms with Crippen LogP contribution < -0.4 is 4.74 Å². The Kier molecular flexibility index (Phi) is 5.25. The lowest BCUT2D eigenvalue weighted by atomic mass is 10.1. The van der Waals surface area contributed by atoms with E-state index in [0.29, 0.717) is 33.3 Å². The zero-order chi connectivity index (χ0) is 17.8. The summed E-state index contributed by atoms with van der Waals surface area (Å²) in [6.07, 6.45) is 1.50. The number of methoxy groups -OCH3 is 1. The van der Waals surface area contributed by atoms with Crippen molar-refractivity contribution in [3.05, 3.63) is 58.9 Å². The molecule has 130 valence electrons. The number of thioether (sulfide) groups is 1. The van der Waals surface area contributed by atoms with Crippen LogP contribution in [-0.4, -0.2) is 41.3 Å². The average molecular weight is 359 g/mol. The van der Waals surface area contributed by atoms with E-state index >= 15 is 0 Å². The van der Waals surface area contributed by atoms with Gasteiger partial charge in [0.15, 0.2) is 0 Å². The number of aliphatic hydroxyl groups is 1. The molecule has 0 spiro atoms. The fourth-order valence-corrected chi connectivity index (χ4v) is 3.50. The van der Waals surface area contributed by atoms with Crippen molar-refractivity contribution in [1.82, 2.24) is 4.90 Å². The van der Waals surface area contributed by atoms with Crippen LogP contribution in [0.1, 0.15) is 11.3 Å². The smallest absolute Gasteiger partial charge is 0.268 e.